The summed E-state index contributed by atoms with van der Waals surface area (Å²) in [5.74, 6) is 0. The molecule has 16 heavy (non-hydrogen) atoms. The van der Waals surface area contributed by atoms with E-state index in [1.807, 2.05) is 6.07 Å². The monoisotopic (exact) mass is 217 g/mol. The molecule has 86 valence electrons. The zero-order valence-electron chi connectivity index (χ0n) is 9.82. The Morgan fingerprint density at radius 2 is 2.12 bits per heavy atom. The number of anilines is 1. The minimum Gasteiger partial charge on any atom is -0.392 e. The maximum Gasteiger partial charge on any atom is 0.0685 e. The summed E-state index contributed by atoms with van der Waals surface area (Å²) in [6, 6.07) is 8.34. The molecule has 0 radical (unpaired) electrons. The molecule has 1 heterocycles. The molecule has 0 amide bonds. The van der Waals surface area contributed by atoms with Gasteiger partial charge in [0, 0.05) is 24.3 Å². The van der Waals surface area contributed by atoms with Crippen LogP contribution in [0.4, 0.5) is 5.69 Å². The second-order valence-electron chi connectivity index (χ2n) is 4.20. The van der Waals surface area contributed by atoms with E-state index in [0.717, 1.165) is 18.7 Å². The van der Waals surface area contributed by atoms with Gasteiger partial charge in [-0.1, -0.05) is 37.6 Å². The number of benzene rings is 1. The molecule has 0 aliphatic carbocycles. The maximum absolute atomic E-state index is 9.31. The Bertz CT molecular complexity index is 384. The second kappa shape index (κ2) is 5.17. The van der Waals surface area contributed by atoms with Crippen molar-refractivity contribution in [1.29, 1.82) is 0 Å². The number of aliphatic hydroxyl groups excluding tert-OH is 1. The van der Waals surface area contributed by atoms with Crippen LogP contribution < -0.4 is 4.90 Å². The average Bonchev–Trinajstić information content (AvgIpc) is 2.36. The van der Waals surface area contributed by atoms with Crippen LogP contribution in [0.25, 0.3) is 5.57 Å². The third-order valence-electron chi connectivity index (χ3n) is 3.10. The van der Waals surface area contributed by atoms with E-state index >= 15 is 0 Å². The standard InChI is InChI=1S/C14H19NO/c1-2-3-9-15-10-8-12(11-16)13-6-4-5-7-14(13)15/h4-8,16H,2-3,9-11H2,1H3. The molecule has 0 bridgehead atoms. The van der Waals surface area contributed by atoms with E-state index in [1.165, 1.54) is 24.1 Å². The molecule has 2 rings (SSSR count). The number of nitrogens with zero attached hydrogens (tertiary/aromatic N) is 1. The summed E-state index contributed by atoms with van der Waals surface area (Å²) in [5, 5.41) is 9.31. The molecule has 0 saturated carbocycles. The van der Waals surface area contributed by atoms with Gasteiger partial charge in [-0.05, 0) is 18.1 Å². The Morgan fingerprint density at radius 1 is 1.31 bits per heavy atom. The van der Waals surface area contributed by atoms with Crippen LogP contribution in [0.5, 0.6) is 0 Å². The number of rotatable bonds is 4. The summed E-state index contributed by atoms with van der Waals surface area (Å²) >= 11 is 0. The smallest absolute Gasteiger partial charge is 0.0685 e. The molecule has 0 saturated heterocycles. The molecule has 1 aliphatic heterocycles. The Morgan fingerprint density at radius 3 is 2.88 bits per heavy atom. The third kappa shape index (κ3) is 2.12. The van der Waals surface area contributed by atoms with Gasteiger partial charge in [-0.25, -0.2) is 0 Å². The van der Waals surface area contributed by atoms with E-state index in [1.54, 1.807) is 0 Å². The van der Waals surface area contributed by atoms with Crippen LogP contribution in [-0.4, -0.2) is 24.8 Å². The number of unbranched alkanes of at least 4 members (excludes halogenated alkanes) is 1. The van der Waals surface area contributed by atoms with Crippen molar-refractivity contribution in [1.82, 2.24) is 0 Å². The molecule has 2 nitrogen and oxygen atoms in total. The number of hydrogen-bond donors (Lipinski definition) is 1. The van der Waals surface area contributed by atoms with E-state index in [0.29, 0.717) is 0 Å². The van der Waals surface area contributed by atoms with Gasteiger partial charge in [0.2, 0.25) is 0 Å². The van der Waals surface area contributed by atoms with Gasteiger partial charge in [-0.2, -0.15) is 0 Å². The van der Waals surface area contributed by atoms with E-state index in [4.69, 9.17) is 0 Å². The quantitative estimate of drug-likeness (QED) is 0.838. The number of aliphatic hydroxyl groups is 1. The Kier molecular flexibility index (Phi) is 3.62. The van der Waals surface area contributed by atoms with Gasteiger partial charge < -0.3 is 10.0 Å². The van der Waals surface area contributed by atoms with Crippen LogP contribution in [-0.2, 0) is 0 Å². The van der Waals surface area contributed by atoms with Crippen molar-refractivity contribution in [3.05, 3.63) is 35.9 Å². The lowest BCUT2D eigenvalue weighted by Crippen LogP contribution is -2.28. The largest absolute Gasteiger partial charge is 0.392 e. The van der Waals surface area contributed by atoms with Crippen molar-refractivity contribution in [3.63, 3.8) is 0 Å². The number of hydrogen-bond acceptors (Lipinski definition) is 2. The lowest BCUT2D eigenvalue weighted by atomic mass is 9.99. The molecule has 1 aliphatic rings. The summed E-state index contributed by atoms with van der Waals surface area (Å²) in [4.78, 5) is 2.39. The maximum atomic E-state index is 9.31. The molecule has 1 N–H and O–H groups in total. The second-order valence-corrected chi connectivity index (χ2v) is 4.20. The zero-order valence-corrected chi connectivity index (χ0v) is 9.82. The number of fused-ring (bicyclic) bond motifs is 1. The van der Waals surface area contributed by atoms with E-state index in [-0.39, 0.29) is 6.61 Å². The summed E-state index contributed by atoms with van der Waals surface area (Å²) < 4.78 is 0. The fourth-order valence-corrected chi connectivity index (χ4v) is 2.16. The summed E-state index contributed by atoms with van der Waals surface area (Å²) in [5.41, 5.74) is 3.51. The van der Waals surface area contributed by atoms with Crippen LogP contribution in [0, 0.1) is 0 Å². The first-order chi connectivity index (χ1) is 7.86. The van der Waals surface area contributed by atoms with Crippen molar-refractivity contribution in [2.24, 2.45) is 0 Å². The van der Waals surface area contributed by atoms with Crippen molar-refractivity contribution in [3.8, 4) is 0 Å². The normalized spacial score (nSPS) is 14.6. The van der Waals surface area contributed by atoms with Crippen molar-refractivity contribution < 1.29 is 5.11 Å². The topological polar surface area (TPSA) is 23.5 Å². The van der Waals surface area contributed by atoms with Crippen LogP contribution >= 0.6 is 0 Å². The van der Waals surface area contributed by atoms with E-state index < -0.39 is 0 Å². The Labute approximate surface area is 97.2 Å². The highest BCUT2D eigenvalue weighted by atomic mass is 16.3. The van der Waals surface area contributed by atoms with Gasteiger partial charge in [0.05, 0.1) is 6.61 Å². The zero-order chi connectivity index (χ0) is 11.4. The summed E-state index contributed by atoms with van der Waals surface area (Å²) in [6.07, 6.45) is 4.57. The minimum absolute atomic E-state index is 0.138. The molecule has 0 spiro atoms. The predicted molar refractivity (Wildman–Crippen MR) is 68.6 cm³/mol. The molecular formula is C14H19NO. The summed E-state index contributed by atoms with van der Waals surface area (Å²) in [6.45, 7) is 4.37. The molecular weight excluding hydrogens is 198 g/mol. The van der Waals surface area contributed by atoms with Gasteiger partial charge in [0.25, 0.3) is 0 Å². The van der Waals surface area contributed by atoms with Crippen molar-refractivity contribution in [2.45, 2.75) is 19.8 Å². The first-order valence-electron chi connectivity index (χ1n) is 6.01. The van der Waals surface area contributed by atoms with E-state index in [9.17, 15) is 5.11 Å². The van der Waals surface area contributed by atoms with Gasteiger partial charge in [0.15, 0.2) is 0 Å². The number of para-hydroxylation sites is 1. The summed E-state index contributed by atoms with van der Waals surface area (Å²) in [7, 11) is 0. The molecule has 1 aromatic rings. The van der Waals surface area contributed by atoms with Gasteiger partial charge in [-0.3, -0.25) is 0 Å². The highest BCUT2D eigenvalue weighted by Gasteiger charge is 2.16. The van der Waals surface area contributed by atoms with Gasteiger partial charge in [-0.15, -0.1) is 0 Å². The molecule has 0 fully saturated rings. The lowest BCUT2D eigenvalue weighted by Gasteiger charge is -2.30. The molecule has 1 aromatic carbocycles. The first-order valence-corrected chi connectivity index (χ1v) is 6.01. The minimum atomic E-state index is 0.138. The van der Waals surface area contributed by atoms with Gasteiger partial charge in [0.1, 0.15) is 0 Å². The lowest BCUT2D eigenvalue weighted by molar-refractivity contribution is 0.349. The predicted octanol–water partition coefficient (Wildman–Crippen LogP) is 2.68. The Balaban J connectivity index is 2.26. The van der Waals surface area contributed by atoms with Crippen LogP contribution in [0.1, 0.15) is 25.3 Å². The van der Waals surface area contributed by atoms with Crippen molar-refractivity contribution >= 4 is 11.3 Å². The third-order valence-corrected chi connectivity index (χ3v) is 3.10. The first kappa shape index (κ1) is 11.2. The Hall–Kier alpha value is -1.28. The SMILES string of the molecule is CCCCN1CC=C(CO)c2ccccc21. The average molecular weight is 217 g/mol. The van der Waals surface area contributed by atoms with Crippen LogP contribution in [0.3, 0.4) is 0 Å². The van der Waals surface area contributed by atoms with Gasteiger partial charge >= 0.3 is 0 Å². The van der Waals surface area contributed by atoms with Crippen molar-refractivity contribution in [2.75, 3.05) is 24.6 Å². The molecule has 2 heteroatoms. The molecule has 0 aromatic heterocycles. The highest BCUT2D eigenvalue weighted by molar-refractivity contribution is 5.80. The fourth-order valence-electron chi connectivity index (χ4n) is 2.16. The molecule has 0 atom stereocenters. The van der Waals surface area contributed by atoms with Crippen LogP contribution in [0.15, 0.2) is 30.3 Å². The molecule has 0 unspecified atom stereocenters. The fraction of sp³-hybridized carbons (Fsp3) is 0.429. The van der Waals surface area contributed by atoms with E-state index in [2.05, 4.69) is 36.1 Å². The highest BCUT2D eigenvalue weighted by Crippen LogP contribution is 2.30. The van der Waals surface area contributed by atoms with Crippen LogP contribution in [0.2, 0.25) is 0 Å².